The molecular weight excluding hydrogens is 419 g/mol. The van der Waals surface area contributed by atoms with Crippen molar-refractivity contribution in [3.8, 4) is 0 Å². The molecule has 154 valence electrons. The molecule has 0 fully saturated rings. The Morgan fingerprint density at radius 1 is 0.900 bits per heavy atom. The van der Waals surface area contributed by atoms with Crippen molar-refractivity contribution in [2.75, 3.05) is 11.9 Å². The van der Waals surface area contributed by atoms with E-state index >= 15 is 0 Å². The van der Waals surface area contributed by atoms with Gasteiger partial charge in [0.05, 0.1) is 16.0 Å². The molecule has 1 amide bonds. The number of ketones is 1. The molecule has 30 heavy (non-hydrogen) atoms. The van der Waals surface area contributed by atoms with Crippen LogP contribution in [0.5, 0.6) is 0 Å². The minimum absolute atomic E-state index is 0.0123. The molecule has 0 spiro atoms. The Labute approximate surface area is 173 Å². The third kappa shape index (κ3) is 5.12. The molecule has 0 saturated heterocycles. The van der Waals surface area contributed by atoms with Gasteiger partial charge in [-0.05, 0) is 41.8 Å². The van der Waals surface area contributed by atoms with E-state index in [9.17, 15) is 27.6 Å². The van der Waals surface area contributed by atoms with Crippen molar-refractivity contribution >= 4 is 34.7 Å². The van der Waals surface area contributed by atoms with Gasteiger partial charge in [-0.25, -0.2) is 4.79 Å². The average Bonchev–Trinajstić information content (AvgIpc) is 3.26. The topological polar surface area (TPSA) is 72.5 Å². The number of carbonyl (C=O) groups excluding carboxylic acids is 3. The van der Waals surface area contributed by atoms with E-state index in [1.807, 2.05) is 0 Å². The number of benzene rings is 2. The molecule has 0 unspecified atom stereocenters. The monoisotopic (exact) mass is 433 g/mol. The molecule has 3 aromatic rings. The van der Waals surface area contributed by atoms with E-state index in [1.165, 1.54) is 23.5 Å². The van der Waals surface area contributed by atoms with Crippen molar-refractivity contribution in [3.05, 3.63) is 87.6 Å². The van der Waals surface area contributed by atoms with Crippen LogP contribution in [0.3, 0.4) is 0 Å². The summed E-state index contributed by atoms with van der Waals surface area (Å²) < 4.78 is 42.7. The SMILES string of the molecule is O=C(COC(=O)c1ccccc1C(=O)c1cccs1)Nc1ccc(C(F)(F)F)cc1. The zero-order chi connectivity index (χ0) is 21.7. The number of anilines is 1. The minimum atomic E-state index is -4.48. The van der Waals surface area contributed by atoms with Crippen molar-refractivity contribution in [3.63, 3.8) is 0 Å². The van der Waals surface area contributed by atoms with Crippen LogP contribution in [-0.4, -0.2) is 24.3 Å². The highest BCUT2D eigenvalue weighted by atomic mass is 32.1. The van der Waals surface area contributed by atoms with Gasteiger partial charge in [-0.15, -0.1) is 11.3 Å². The van der Waals surface area contributed by atoms with Crippen LogP contribution < -0.4 is 5.32 Å². The second kappa shape index (κ2) is 8.91. The lowest BCUT2D eigenvalue weighted by atomic mass is 10.0. The first-order valence-corrected chi connectivity index (χ1v) is 9.45. The standard InChI is InChI=1S/C21H14F3NO4S/c22-21(23,24)13-7-9-14(10-8-13)25-18(26)12-29-20(28)16-5-2-1-4-15(16)19(27)17-6-3-11-30-17/h1-11H,12H2,(H,25,26). The molecule has 0 radical (unpaired) electrons. The number of esters is 1. The molecule has 0 aliphatic rings. The van der Waals surface area contributed by atoms with Crippen LogP contribution in [0.4, 0.5) is 18.9 Å². The summed E-state index contributed by atoms with van der Waals surface area (Å²) in [5.41, 5.74) is -0.567. The Morgan fingerprint density at radius 3 is 2.17 bits per heavy atom. The number of rotatable bonds is 6. The average molecular weight is 433 g/mol. The molecule has 2 aromatic carbocycles. The van der Waals surface area contributed by atoms with Crippen LogP contribution >= 0.6 is 11.3 Å². The summed E-state index contributed by atoms with van der Waals surface area (Å²) in [7, 11) is 0. The molecular formula is C21H14F3NO4S. The van der Waals surface area contributed by atoms with Gasteiger partial charge >= 0.3 is 12.1 Å². The normalized spacial score (nSPS) is 11.0. The second-order valence-electron chi connectivity index (χ2n) is 6.05. The fourth-order valence-corrected chi connectivity index (χ4v) is 3.23. The molecule has 9 heteroatoms. The Hall–Kier alpha value is -3.46. The summed E-state index contributed by atoms with van der Waals surface area (Å²) in [6.07, 6.45) is -4.48. The van der Waals surface area contributed by atoms with Gasteiger partial charge in [-0.2, -0.15) is 13.2 Å². The Bertz CT molecular complexity index is 1060. The van der Waals surface area contributed by atoms with Crippen molar-refractivity contribution < 1.29 is 32.3 Å². The highest BCUT2D eigenvalue weighted by Gasteiger charge is 2.30. The molecule has 0 atom stereocenters. The number of thiophene rings is 1. The molecule has 1 N–H and O–H groups in total. The van der Waals surface area contributed by atoms with Crippen LogP contribution in [0.1, 0.15) is 31.2 Å². The fraction of sp³-hybridized carbons (Fsp3) is 0.0952. The quantitative estimate of drug-likeness (QED) is 0.448. The van der Waals surface area contributed by atoms with Crippen LogP contribution in [0.25, 0.3) is 0 Å². The molecule has 0 saturated carbocycles. The highest BCUT2D eigenvalue weighted by molar-refractivity contribution is 7.12. The van der Waals surface area contributed by atoms with Gasteiger partial charge in [0, 0.05) is 11.3 Å². The number of amides is 1. The zero-order valence-corrected chi connectivity index (χ0v) is 16.0. The van der Waals surface area contributed by atoms with Gasteiger partial charge in [-0.3, -0.25) is 9.59 Å². The van der Waals surface area contributed by atoms with E-state index in [1.54, 1.807) is 29.6 Å². The summed E-state index contributed by atoms with van der Waals surface area (Å²) >= 11 is 1.23. The van der Waals surface area contributed by atoms with E-state index in [-0.39, 0.29) is 22.6 Å². The Kier molecular flexibility index (Phi) is 6.31. The van der Waals surface area contributed by atoms with E-state index in [2.05, 4.69) is 5.32 Å². The number of hydrogen-bond donors (Lipinski definition) is 1. The molecule has 1 heterocycles. The first kappa shape index (κ1) is 21.3. The fourth-order valence-electron chi connectivity index (χ4n) is 2.55. The predicted octanol–water partition coefficient (Wildman–Crippen LogP) is 4.79. The van der Waals surface area contributed by atoms with E-state index < -0.39 is 30.2 Å². The first-order chi connectivity index (χ1) is 14.3. The lowest BCUT2D eigenvalue weighted by Crippen LogP contribution is -2.22. The smallest absolute Gasteiger partial charge is 0.416 e. The second-order valence-corrected chi connectivity index (χ2v) is 7.00. The number of hydrogen-bond acceptors (Lipinski definition) is 5. The Balaban J connectivity index is 1.62. The van der Waals surface area contributed by atoms with Gasteiger partial charge in [0.25, 0.3) is 5.91 Å². The van der Waals surface area contributed by atoms with Crippen LogP contribution in [0.2, 0.25) is 0 Å². The zero-order valence-electron chi connectivity index (χ0n) is 15.2. The molecule has 1 aromatic heterocycles. The molecule has 5 nitrogen and oxygen atoms in total. The lowest BCUT2D eigenvalue weighted by molar-refractivity contribution is -0.137. The number of carbonyl (C=O) groups is 3. The minimum Gasteiger partial charge on any atom is -0.452 e. The first-order valence-electron chi connectivity index (χ1n) is 8.57. The summed E-state index contributed by atoms with van der Waals surface area (Å²) in [5, 5.41) is 4.07. The van der Waals surface area contributed by atoms with Crippen molar-refractivity contribution in [2.45, 2.75) is 6.18 Å². The maximum atomic E-state index is 12.6. The largest absolute Gasteiger partial charge is 0.452 e. The Morgan fingerprint density at radius 2 is 1.57 bits per heavy atom. The van der Waals surface area contributed by atoms with Gasteiger partial charge in [0.15, 0.2) is 6.61 Å². The van der Waals surface area contributed by atoms with E-state index in [0.29, 0.717) is 4.88 Å². The third-order valence-corrected chi connectivity index (χ3v) is 4.84. The predicted molar refractivity (Wildman–Crippen MR) is 105 cm³/mol. The lowest BCUT2D eigenvalue weighted by Gasteiger charge is -2.10. The van der Waals surface area contributed by atoms with Crippen LogP contribution in [-0.2, 0) is 15.7 Å². The van der Waals surface area contributed by atoms with Gasteiger partial charge in [0.2, 0.25) is 5.78 Å². The maximum absolute atomic E-state index is 12.6. The van der Waals surface area contributed by atoms with Crippen molar-refractivity contribution in [1.29, 1.82) is 0 Å². The number of ether oxygens (including phenoxy) is 1. The number of nitrogens with one attached hydrogen (secondary N) is 1. The summed E-state index contributed by atoms with van der Waals surface area (Å²) in [5.74, 6) is -1.94. The summed E-state index contributed by atoms with van der Waals surface area (Å²) in [6.45, 7) is -0.665. The van der Waals surface area contributed by atoms with Crippen molar-refractivity contribution in [2.24, 2.45) is 0 Å². The van der Waals surface area contributed by atoms with Gasteiger partial charge in [0.1, 0.15) is 0 Å². The third-order valence-electron chi connectivity index (χ3n) is 3.97. The number of halogens is 3. The highest BCUT2D eigenvalue weighted by Crippen LogP contribution is 2.29. The van der Waals surface area contributed by atoms with Crippen LogP contribution in [0.15, 0.2) is 66.0 Å². The van der Waals surface area contributed by atoms with Gasteiger partial charge < -0.3 is 10.1 Å². The molecule has 0 bridgehead atoms. The van der Waals surface area contributed by atoms with Gasteiger partial charge in [-0.1, -0.05) is 24.3 Å². The molecule has 3 rings (SSSR count). The summed E-state index contributed by atoms with van der Waals surface area (Å²) in [6, 6.07) is 13.3. The summed E-state index contributed by atoms with van der Waals surface area (Å²) in [4.78, 5) is 37.3. The van der Waals surface area contributed by atoms with E-state index in [0.717, 1.165) is 24.3 Å². The number of alkyl halides is 3. The van der Waals surface area contributed by atoms with Crippen molar-refractivity contribution in [1.82, 2.24) is 0 Å². The molecule has 0 aliphatic heterocycles. The van der Waals surface area contributed by atoms with E-state index in [4.69, 9.17) is 4.74 Å². The molecule has 0 aliphatic carbocycles. The maximum Gasteiger partial charge on any atom is 0.416 e. The van der Waals surface area contributed by atoms with Crippen LogP contribution in [0, 0.1) is 0 Å².